The number of nitrogens with zero attached hydrogens (tertiary/aromatic N) is 2. The summed E-state index contributed by atoms with van der Waals surface area (Å²) in [7, 11) is 1.32. The number of anilines is 1. The van der Waals surface area contributed by atoms with Crippen LogP contribution < -0.4 is 5.32 Å². The lowest BCUT2D eigenvalue weighted by Gasteiger charge is -2.07. The quantitative estimate of drug-likeness (QED) is 0.904. The van der Waals surface area contributed by atoms with E-state index in [-0.39, 0.29) is 0 Å². The second-order valence-electron chi connectivity index (χ2n) is 4.03. The zero-order valence-electron chi connectivity index (χ0n) is 10.2. The molecule has 0 saturated heterocycles. The van der Waals surface area contributed by atoms with Gasteiger partial charge in [-0.2, -0.15) is 18.3 Å². The molecule has 1 aromatic heterocycles. The number of aromatic nitrogens is 2. The number of hydrogen-bond donors (Lipinski definition) is 1. The second kappa shape index (κ2) is 5.28. The summed E-state index contributed by atoms with van der Waals surface area (Å²) >= 11 is 3.21. The lowest BCUT2D eigenvalue weighted by Crippen LogP contribution is -2.17. The van der Waals surface area contributed by atoms with Crippen LogP contribution in [0, 0.1) is 0 Å². The lowest BCUT2D eigenvalue weighted by molar-refractivity contribution is -0.141. The van der Waals surface area contributed by atoms with E-state index in [2.05, 4.69) is 26.3 Å². The summed E-state index contributed by atoms with van der Waals surface area (Å²) in [5, 5.41) is 5.69. The molecule has 1 aromatic carbocycles. The topological polar surface area (TPSA) is 46.9 Å². The van der Waals surface area contributed by atoms with Gasteiger partial charge in [0.2, 0.25) is 0 Å². The lowest BCUT2D eigenvalue weighted by atomic mass is 10.2. The molecule has 0 radical (unpaired) electrons. The number of nitrogens with one attached hydrogen (secondary N) is 1. The number of rotatable bonds is 2. The molecular weight excluding hydrogens is 339 g/mol. The molecule has 0 spiro atoms. The molecule has 106 valence electrons. The average molecular weight is 348 g/mol. The van der Waals surface area contributed by atoms with Gasteiger partial charge in [-0.25, -0.2) is 0 Å². The summed E-state index contributed by atoms with van der Waals surface area (Å²) in [6.45, 7) is 0. The number of halogens is 4. The molecule has 0 fully saturated rings. The smallest absolute Gasteiger partial charge is 0.322 e. The Morgan fingerprint density at radius 3 is 2.70 bits per heavy atom. The molecule has 2 rings (SSSR count). The van der Waals surface area contributed by atoms with Crippen LogP contribution in [0.25, 0.3) is 0 Å². The Kier molecular flexibility index (Phi) is 3.85. The molecule has 20 heavy (non-hydrogen) atoms. The van der Waals surface area contributed by atoms with Crippen molar-refractivity contribution in [2.24, 2.45) is 7.05 Å². The molecule has 0 aliphatic heterocycles. The van der Waals surface area contributed by atoms with Crippen molar-refractivity contribution in [3.05, 3.63) is 46.2 Å². The first kappa shape index (κ1) is 14.6. The van der Waals surface area contributed by atoms with E-state index in [0.29, 0.717) is 10.2 Å². The zero-order valence-corrected chi connectivity index (χ0v) is 11.8. The molecule has 0 atom stereocenters. The van der Waals surface area contributed by atoms with Crippen molar-refractivity contribution < 1.29 is 18.0 Å². The SMILES string of the molecule is Cn1cc(C(=O)Nc2cccc(Br)c2)c(C(F)(F)F)n1. The molecule has 4 nitrogen and oxygen atoms in total. The molecule has 2 aromatic rings. The van der Waals surface area contributed by atoms with Gasteiger partial charge in [0.15, 0.2) is 5.69 Å². The van der Waals surface area contributed by atoms with Crippen molar-refractivity contribution in [1.29, 1.82) is 0 Å². The standard InChI is InChI=1S/C12H9BrF3N3O/c1-19-6-9(10(18-19)12(14,15)16)11(20)17-8-4-2-3-7(13)5-8/h2-6H,1H3,(H,17,20). The maximum atomic E-state index is 12.8. The molecule has 1 N–H and O–H groups in total. The Labute approximate surface area is 120 Å². The van der Waals surface area contributed by atoms with Crippen molar-refractivity contribution in [2.75, 3.05) is 5.32 Å². The van der Waals surface area contributed by atoms with Gasteiger partial charge < -0.3 is 5.32 Å². The summed E-state index contributed by atoms with van der Waals surface area (Å²) in [6, 6.07) is 6.56. The van der Waals surface area contributed by atoms with Crippen molar-refractivity contribution >= 4 is 27.5 Å². The largest absolute Gasteiger partial charge is 0.435 e. The average Bonchev–Trinajstić information content (AvgIpc) is 2.71. The number of carbonyl (C=O) groups excluding carboxylic acids is 1. The fraction of sp³-hybridized carbons (Fsp3) is 0.167. The van der Waals surface area contributed by atoms with Crippen molar-refractivity contribution in [1.82, 2.24) is 9.78 Å². The van der Waals surface area contributed by atoms with Crippen molar-refractivity contribution in [3.63, 3.8) is 0 Å². The van der Waals surface area contributed by atoms with E-state index in [1.165, 1.54) is 7.05 Å². The van der Waals surface area contributed by atoms with Gasteiger partial charge in [0.05, 0.1) is 5.56 Å². The molecule has 1 amide bonds. The monoisotopic (exact) mass is 347 g/mol. The summed E-state index contributed by atoms with van der Waals surface area (Å²) in [4.78, 5) is 11.9. The number of amides is 1. The van der Waals surface area contributed by atoms with E-state index in [1.807, 2.05) is 0 Å². The Hall–Kier alpha value is -1.83. The molecule has 0 bridgehead atoms. The highest BCUT2D eigenvalue weighted by Crippen LogP contribution is 2.31. The minimum atomic E-state index is -4.68. The highest BCUT2D eigenvalue weighted by molar-refractivity contribution is 9.10. The third-order valence-corrected chi connectivity index (χ3v) is 2.92. The van der Waals surface area contributed by atoms with Crippen LogP contribution in [0.1, 0.15) is 16.1 Å². The van der Waals surface area contributed by atoms with Crippen LogP contribution in [0.5, 0.6) is 0 Å². The van der Waals surface area contributed by atoms with Gasteiger partial charge in [-0.1, -0.05) is 22.0 Å². The van der Waals surface area contributed by atoms with Gasteiger partial charge in [0.25, 0.3) is 5.91 Å². The molecule has 0 aliphatic rings. The fourth-order valence-electron chi connectivity index (χ4n) is 1.63. The third-order valence-electron chi connectivity index (χ3n) is 2.42. The first-order chi connectivity index (χ1) is 9.27. The Balaban J connectivity index is 2.30. The number of carbonyl (C=O) groups is 1. The number of aryl methyl sites for hydroxylation is 1. The summed E-state index contributed by atoms with van der Waals surface area (Å²) in [6.07, 6.45) is -3.64. The van der Waals surface area contributed by atoms with Crippen molar-refractivity contribution in [2.45, 2.75) is 6.18 Å². The van der Waals surface area contributed by atoms with E-state index >= 15 is 0 Å². The van der Waals surface area contributed by atoms with Gasteiger partial charge in [-0.15, -0.1) is 0 Å². The van der Waals surface area contributed by atoms with E-state index in [0.717, 1.165) is 10.9 Å². The minimum absolute atomic E-state index is 0.390. The van der Waals surface area contributed by atoms with Crippen LogP contribution in [-0.2, 0) is 13.2 Å². The molecule has 0 saturated carbocycles. The first-order valence-electron chi connectivity index (χ1n) is 5.45. The van der Waals surface area contributed by atoms with Gasteiger partial charge in [-0.3, -0.25) is 9.48 Å². The van der Waals surface area contributed by atoms with Crippen molar-refractivity contribution in [3.8, 4) is 0 Å². The van der Waals surface area contributed by atoms with E-state index in [9.17, 15) is 18.0 Å². The Bertz CT molecular complexity index is 652. The molecule has 8 heteroatoms. The van der Waals surface area contributed by atoms with Crippen LogP contribution in [-0.4, -0.2) is 15.7 Å². The van der Waals surface area contributed by atoms with Gasteiger partial charge in [-0.05, 0) is 18.2 Å². The predicted molar refractivity (Wildman–Crippen MR) is 70.3 cm³/mol. The summed E-state index contributed by atoms with van der Waals surface area (Å²) < 4.78 is 39.9. The Morgan fingerprint density at radius 1 is 1.40 bits per heavy atom. The maximum absolute atomic E-state index is 12.8. The van der Waals surface area contributed by atoms with Crippen LogP contribution >= 0.6 is 15.9 Å². The van der Waals surface area contributed by atoms with Crippen LogP contribution in [0.2, 0.25) is 0 Å². The van der Waals surface area contributed by atoms with Gasteiger partial charge in [0.1, 0.15) is 0 Å². The molecular formula is C12H9BrF3N3O. The summed E-state index contributed by atoms with van der Waals surface area (Å²) in [5.74, 6) is -0.858. The van der Waals surface area contributed by atoms with Gasteiger partial charge >= 0.3 is 6.18 Å². The predicted octanol–water partition coefficient (Wildman–Crippen LogP) is 3.45. The highest BCUT2D eigenvalue weighted by Gasteiger charge is 2.38. The van der Waals surface area contributed by atoms with E-state index in [1.54, 1.807) is 24.3 Å². The summed E-state index contributed by atoms with van der Waals surface area (Å²) in [5.41, 5.74) is -1.33. The molecule has 0 unspecified atom stereocenters. The number of hydrogen-bond acceptors (Lipinski definition) is 2. The van der Waals surface area contributed by atoms with Crippen LogP contribution in [0.15, 0.2) is 34.9 Å². The normalized spacial score (nSPS) is 11.4. The van der Waals surface area contributed by atoms with E-state index in [4.69, 9.17) is 0 Å². The third kappa shape index (κ3) is 3.19. The zero-order chi connectivity index (χ0) is 14.9. The highest BCUT2D eigenvalue weighted by atomic mass is 79.9. The second-order valence-corrected chi connectivity index (χ2v) is 4.94. The maximum Gasteiger partial charge on any atom is 0.435 e. The molecule has 0 aliphatic carbocycles. The number of benzene rings is 1. The number of alkyl halides is 3. The fourth-order valence-corrected chi connectivity index (χ4v) is 2.03. The van der Waals surface area contributed by atoms with Crippen LogP contribution in [0.3, 0.4) is 0 Å². The first-order valence-corrected chi connectivity index (χ1v) is 6.24. The minimum Gasteiger partial charge on any atom is -0.322 e. The van der Waals surface area contributed by atoms with E-state index < -0.39 is 23.3 Å². The Morgan fingerprint density at radius 2 is 2.10 bits per heavy atom. The van der Waals surface area contributed by atoms with Crippen LogP contribution in [0.4, 0.5) is 18.9 Å². The van der Waals surface area contributed by atoms with Gasteiger partial charge in [0, 0.05) is 23.4 Å². The molecule has 1 heterocycles.